The molecule has 2 nitrogen and oxygen atoms in total. The summed E-state index contributed by atoms with van der Waals surface area (Å²) in [5, 5.41) is 10.0. The zero-order valence-corrected chi connectivity index (χ0v) is 11.8. The van der Waals surface area contributed by atoms with E-state index in [4.69, 9.17) is 4.74 Å². The summed E-state index contributed by atoms with van der Waals surface area (Å²) in [4.78, 5) is 0. The fraction of sp³-hybridized carbons (Fsp3) is 1.00. The van der Waals surface area contributed by atoms with Gasteiger partial charge in [-0.25, -0.2) is 0 Å². The SMILES string of the molecule is CCCC(O)C(CC)OC1CCCC(CC)C1. The Morgan fingerprint density at radius 2 is 2.00 bits per heavy atom. The molecular weight excluding hydrogens is 212 g/mol. The second kappa shape index (κ2) is 8.10. The highest BCUT2D eigenvalue weighted by atomic mass is 16.5. The van der Waals surface area contributed by atoms with Crippen molar-refractivity contribution in [3.63, 3.8) is 0 Å². The topological polar surface area (TPSA) is 29.5 Å². The van der Waals surface area contributed by atoms with E-state index in [1.165, 1.54) is 32.1 Å². The molecule has 0 aliphatic heterocycles. The summed E-state index contributed by atoms with van der Waals surface area (Å²) in [6, 6.07) is 0. The summed E-state index contributed by atoms with van der Waals surface area (Å²) >= 11 is 0. The Bertz CT molecular complexity index is 193. The average molecular weight is 242 g/mol. The normalized spacial score (nSPS) is 28.9. The van der Waals surface area contributed by atoms with Crippen molar-refractivity contribution in [2.45, 2.75) is 90.4 Å². The lowest BCUT2D eigenvalue weighted by molar-refractivity contribution is -0.0963. The van der Waals surface area contributed by atoms with Crippen LogP contribution in [-0.4, -0.2) is 23.4 Å². The Hall–Kier alpha value is -0.0800. The van der Waals surface area contributed by atoms with E-state index in [0.717, 1.165) is 25.2 Å². The number of hydrogen-bond acceptors (Lipinski definition) is 2. The summed E-state index contributed by atoms with van der Waals surface area (Å²) in [7, 11) is 0. The smallest absolute Gasteiger partial charge is 0.0835 e. The van der Waals surface area contributed by atoms with Gasteiger partial charge in [-0.2, -0.15) is 0 Å². The molecule has 4 unspecified atom stereocenters. The molecule has 102 valence electrons. The zero-order chi connectivity index (χ0) is 12.7. The number of aliphatic hydroxyl groups excluding tert-OH is 1. The second-order valence-corrected chi connectivity index (χ2v) is 5.50. The molecule has 1 N–H and O–H groups in total. The molecule has 2 heteroatoms. The van der Waals surface area contributed by atoms with E-state index < -0.39 is 0 Å². The monoisotopic (exact) mass is 242 g/mol. The molecule has 0 radical (unpaired) electrons. The fourth-order valence-electron chi connectivity index (χ4n) is 2.92. The molecule has 0 aromatic rings. The van der Waals surface area contributed by atoms with Crippen LogP contribution in [0, 0.1) is 5.92 Å². The van der Waals surface area contributed by atoms with Gasteiger partial charge < -0.3 is 9.84 Å². The third-order valence-corrected chi connectivity index (χ3v) is 4.10. The lowest BCUT2D eigenvalue weighted by Crippen LogP contribution is -2.34. The van der Waals surface area contributed by atoms with Crippen molar-refractivity contribution in [3.05, 3.63) is 0 Å². The van der Waals surface area contributed by atoms with Gasteiger partial charge in [0.2, 0.25) is 0 Å². The molecule has 0 bridgehead atoms. The maximum absolute atomic E-state index is 10.0. The quantitative estimate of drug-likeness (QED) is 0.733. The van der Waals surface area contributed by atoms with Gasteiger partial charge in [0.1, 0.15) is 0 Å². The number of hydrogen-bond donors (Lipinski definition) is 1. The van der Waals surface area contributed by atoms with Crippen molar-refractivity contribution in [2.75, 3.05) is 0 Å². The van der Waals surface area contributed by atoms with E-state index in [1.807, 2.05) is 0 Å². The fourth-order valence-corrected chi connectivity index (χ4v) is 2.92. The van der Waals surface area contributed by atoms with Crippen molar-refractivity contribution < 1.29 is 9.84 Å². The Morgan fingerprint density at radius 1 is 1.24 bits per heavy atom. The average Bonchev–Trinajstić information content (AvgIpc) is 2.36. The summed E-state index contributed by atoms with van der Waals surface area (Å²) in [6.07, 6.45) is 9.31. The predicted molar refractivity (Wildman–Crippen MR) is 72.1 cm³/mol. The van der Waals surface area contributed by atoms with E-state index in [-0.39, 0.29) is 12.2 Å². The summed E-state index contributed by atoms with van der Waals surface area (Å²) < 4.78 is 6.14. The molecule has 1 saturated carbocycles. The Morgan fingerprint density at radius 3 is 2.59 bits per heavy atom. The number of rotatable bonds is 7. The van der Waals surface area contributed by atoms with E-state index in [0.29, 0.717) is 6.10 Å². The lowest BCUT2D eigenvalue weighted by atomic mass is 9.85. The molecule has 0 saturated heterocycles. The molecule has 17 heavy (non-hydrogen) atoms. The van der Waals surface area contributed by atoms with E-state index in [1.54, 1.807) is 0 Å². The highest BCUT2D eigenvalue weighted by Crippen LogP contribution is 2.30. The molecule has 1 fully saturated rings. The second-order valence-electron chi connectivity index (χ2n) is 5.50. The van der Waals surface area contributed by atoms with Crippen molar-refractivity contribution in [2.24, 2.45) is 5.92 Å². The van der Waals surface area contributed by atoms with E-state index >= 15 is 0 Å². The van der Waals surface area contributed by atoms with Crippen LogP contribution in [0.25, 0.3) is 0 Å². The summed E-state index contributed by atoms with van der Waals surface area (Å²) in [6.45, 7) is 6.50. The highest BCUT2D eigenvalue weighted by molar-refractivity contribution is 4.76. The highest BCUT2D eigenvalue weighted by Gasteiger charge is 2.26. The summed E-state index contributed by atoms with van der Waals surface area (Å²) in [5.41, 5.74) is 0. The molecule has 0 spiro atoms. The van der Waals surface area contributed by atoms with Crippen LogP contribution in [0.1, 0.15) is 72.1 Å². The van der Waals surface area contributed by atoms with Crippen LogP contribution < -0.4 is 0 Å². The van der Waals surface area contributed by atoms with Gasteiger partial charge in [0, 0.05) is 0 Å². The minimum Gasteiger partial charge on any atom is -0.390 e. The molecule has 0 aromatic heterocycles. The molecule has 1 rings (SSSR count). The van der Waals surface area contributed by atoms with Gasteiger partial charge in [0.15, 0.2) is 0 Å². The van der Waals surface area contributed by atoms with Gasteiger partial charge >= 0.3 is 0 Å². The molecule has 0 aromatic carbocycles. The largest absolute Gasteiger partial charge is 0.390 e. The predicted octanol–water partition coefficient (Wildman–Crippen LogP) is 3.91. The van der Waals surface area contributed by atoms with Crippen LogP contribution in [-0.2, 0) is 4.74 Å². The maximum atomic E-state index is 10.0. The lowest BCUT2D eigenvalue weighted by Gasteiger charge is -2.33. The minimum atomic E-state index is -0.271. The van der Waals surface area contributed by atoms with Crippen LogP contribution in [0.15, 0.2) is 0 Å². The first kappa shape index (κ1) is 15.0. The maximum Gasteiger partial charge on any atom is 0.0835 e. The van der Waals surface area contributed by atoms with Gasteiger partial charge in [-0.3, -0.25) is 0 Å². The number of ether oxygens (including phenoxy) is 1. The summed E-state index contributed by atoms with van der Waals surface area (Å²) in [5.74, 6) is 0.842. The first-order chi connectivity index (χ1) is 8.21. The standard InChI is InChI=1S/C15H30O2/c1-4-8-14(16)15(6-3)17-13-10-7-9-12(5-2)11-13/h12-16H,4-11H2,1-3H3. The molecule has 1 aliphatic carbocycles. The minimum absolute atomic E-state index is 0.0514. The van der Waals surface area contributed by atoms with Crippen LogP contribution >= 0.6 is 0 Å². The van der Waals surface area contributed by atoms with Crippen LogP contribution in [0.3, 0.4) is 0 Å². The van der Waals surface area contributed by atoms with Gasteiger partial charge in [-0.05, 0) is 31.6 Å². The first-order valence-electron chi connectivity index (χ1n) is 7.54. The molecule has 0 amide bonds. The van der Waals surface area contributed by atoms with Crippen LogP contribution in [0.4, 0.5) is 0 Å². The third kappa shape index (κ3) is 4.97. The Balaban J connectivity index is 2.38. The van der Waals surface area contributed by atoms with Crippen LogP contribution in [0.2, 0.25) is 0 Å². The van der Waals surface area contributed by atoms with Crippen molar-refractivity contribution in [3.8, 4) is 0 Å². The van der Waals surface area contributed by atoms with E-state index in [9.17, 15) is 5.11 Å². The third-order valence-electron chi connectivity index (χ3n) is 4.10. The molecule has 0 heterocycles. The van der Waals surface area contributed by atoms with Gasteiger partial charge in [0.05, 0.1) is 18.3 Å². The van der Waals surface area contributed by atoms with Gasteiger partial charge in [0.25, 0.3) is 0 Å². The zero-order valence-electron chi connectivity index (χ0n) is 11.8. The van der Waals surface area contributed by atoms with E-state index in [2.05, 4.69) is 20.8 Å². The van der Waals surface area contributed by atoms with Gasteiger partial charge in [-0.1, -0.05) is 46.5 Å². The Kier molecular flexibility index (Phi) is 7.14. The van der Waals surface area contributed by atoms with Crippen molar-refractivity contribution >= 4 is 0 Å². The van der Waals surface area contributed by atoms with Crippen molar-refractivity contribution in [1.82, 2.24) is 0 Å². The Labute approximate surface area is 107 Å². The number of aliphatic hydroxyl groups is 1. The molecule has 1 aliphatic rings. The molecule has 4 atom stereocenters. The van der Waals surface area contributed by atoms with Gasteiger partial charge in [-0.15, -0.1) is 0 Å². The van der Waals surface area contributed by atoms with Crippen molar-refractivity contribution in [1.29, 1.82) is 0 Å². The first-order valence-corrected chi connectivity index (χ1v) is 7.54. The van der Waals surface area contributed by atoms with Crippen LogP contribution in [0.5, 0.6) is 0 Å². The molecular formula is C15H30O2.